The van der Waals surface area contributed by atoms with Crippen LogP contribution in [0.2, 0.25) is 0 Å². The number of rotatable bonds is 4. The summed E-state index contributed by atoms with van der Waals surface area (Å²) in [5, 5.41) is 13.0. The Labute approximate surface area is 150 Å². The number of anilines is 1. The molecule has 1 atom stereocenters. The number of alkyl halides is 3. The highest BCUT2D eigenvalue weighted by atomic mass is 19.4. The summed E-state index contributed by atoms with van der Waals surface area (Å²) in [7, 11) is 0. The van der Waals surface area contributed by atoms with Crippen LogP contribution in [-0.4, -0.2) is 47.8 Å². The molecule has 3 aromatic rings. The number of carboxylic acid groups (broad SMARTS) is 1. The number of aliphatic carboxylic acids is 1. The van der Waals surface area contributed by atoms with Crippen LogP contribution >= 0.6 is 0 Å². The van der Waals surface area contributed by atoms with Crippen molar-refractivity contribution in [3.05, 3.63) is 36.0 Å². The van der Waals surface area contributed by atoms with E-state index in [1.807, 2.05) is 11.8 Å². The third-order valence-electron chi connectivity index (χ3n) is 4.56. The van der Waals surface area contributed by atoms with Crippen LogP contribution in [0.3, 0.4) is 0 Å². The van der Waals surface area contributed by atoms with Crippen molar-refractivity contribution in [2.24, 2.45) is 0 Å². The van der Waals surface area contributed by atoms with E-state index < -0.39 is 17.8 Å². The molecule has 0 aliphatic carbocycles. The number of fused-ring (bicyclic) bond motifs is 1. The number of hydrogen-bond acceptors (Lipinski definition) is 5. The summed E-state index contributed by atoms with van der Waals surface area (Å²) in [6.07, 6.45) is -0.488. The van der Waals surface area contributed by atoms with Gasteiger partial charge in [0.15, 0.2) is 17.3 Å². The molecular weight excluding hydrogens is 365 g/mol. The summed E-state index contributed by atoms with van der Waals surface area (Å²) in [4.78, 5) is 21.1. The predicted octanol–water partition coefficient (Wildman–Crippen LogP) is 2.16. The van der Waals surface area contributed by atoms with Crippen LogP contribution in [0, 0.1) is 0 Å². The minimum absolute atomic E-state index is 0.121. The van der Waals surface area contributed by atoms with E-state index in [0.717, 1.165) is 17.0 Å². The van der Waals surface area contributed by atoms with Crippen molar-refractivity contribution >= 4 is 17.4 Å². The van der Waals surface area contributed by atoms with Crippen LogP contribution in [0.5, 0.6) is 0 Å². The largest absolute Gasteiger partial charge is 0.481 e. The van der Waals surface area contributed by atoms with Gasteiger partial charge in [0.05, 0.1) is 24.5 Å². The average molecular weight is 380 g/mol. The van der Waals surface area contributed by atoms with Crippen LogP contribution < -0.4 is 4.90 Å². The Balaban J connectivity index is 1.87. The van der Waals surface area contributed by atoms with Gasteiger partial charge in [0.1, 0.15) is 5.69 Å². The molecule has 1 saturated heterocycles. The number of nitrogens with zero attached hydrogens (tertiary/aromatic N) is 6. The molecule has 8 nitrogen and oxygen atoms in total. The predicted molar refractivity (Wildman–Crippen MR) is 87.9 cm³/mol. The zero-order valence-corrected chi connectivity index (χ0v) is 14.2. The highest BCUT2D eigenvalue weighted by Gasteiger charge is 2.36. The maximum atomic E-state index is 13.4. The Kier molecular flexibility index (Phi) is 3.82. The lowest BCUT2D eigenvalue weighted by atomic mass is 10.1. The standard InChI is InChI=1S/C16H15F3N6O2/c1-9-2-4-23(9)15-14-20-7-11(16(17,18)19)24(14)8-12(21-15)25-5-3-10(22-25)6-13(26)27/h3,5,7-9H,2,4,6H2,1H3,(H,26,27)/t9-/m0/s1. The quantitative estimate of drug-likeness (QED) is 0.746. The second-order valence-electron chi connectivity index (χ2n) is 6.41. The van der Waals surface area contributed by atoms with Crippen molar-refractivity contribution in [2.75, 3.05) is 11.4 Å². The molecule has 4 rings (SSSR count). The van der Waals surface area contributed by atoms with Crippen LogP contribution in [0.1, 0.15) is 24.7 Å². The van der Waals surface area contributed by atoms with E-state index in [0.29, 0.717) is 12.4 Å². The molecule has 0 spiro atoms. The summed E-state index contributed by atoms with van der Waals surface area (Å²) in [6, 6.07) is 1.63. The first-order chi connectivity index (χ1) is 12.7. The van der Waals surface area contributed by atoms with Gasteiger partial charge in [-0.3, -0.25) is 9.20 Å². The van der Waals surface area contributed by atoms with Crippen LogP contribution in [0.15, 0.2) is 24.7 Å². The van der Waals surface area contributed by atoms with Gasteiger partial charge in [0, 0.05) is 18.8 Å². The van der Waals surface area contributed by atoms with Crippen LogP contribution in [0.4, 0.5) is 19.0 Å². The molecule has 1 aliphatic heterocycles. The van der Waals surface area contributed by atoms with Crippen LogP contribution in [0.25, 0.3) is 11.5 Å². The van der Waals surface area contributed by atoms with E-state index in [1.165, 1.54) is 23.1 Å². The molecule has 142 valence electrons. The lowest BCUT2D eigenvalue weighted by Gasteiger charge is -2.39. The fraction of sp³-hybridized carbons (Fsp3) is 0.375. The molecule has 27 heavy (non-hydrogen) atoms. The van der Waals surface area contributed by atoms with Gasteiger partial charge in [-0.15, -0.1) is 0 Å². The maximum Gasteiger partial charge on any atom is 0.433 e. The van der Waals surface area contributed by atoms with Crippen molar-refractivity contribution in [1.82, 2.24) is 24.1 Å². The van der Waals surface area contributed by atoms with Crippen molar-refractivity contribution in [3.8, 4) is 5.82 Å². The first-order valence-electron chi connectivity index (χ1n) is 8.22. The lowest BCUT2D eigenvalue weighted by Crippen LogP contribution is -2.46. The van der Waals surface area contributed by atoms with Crippen molar-refractivity contribution in [2.45, 2.75) is 32.0 Å². The van der Waals surface area contributed by atoms with E-state index in [9.17, 15) is 18.0 Å². The molecule has 1 aliphatic rings. The number of hydrogen-bond donors (Lipinski definition) is 1. The Morgan fingerprint density at radius 2 is 2.19 bits per heavy atom. The monoisotopic (exact) mass is 380 g/mol. The van der Waals surface area contributed by atoms with Crippen molar-refractivity contribution < 1.29 is 23.1 Å². The Morgan fingerprint density at radius 3 is 2.78 bits per heavy atom. The second kappa shape index (κ2) is 5.96. The Morgan fingerprint density at radius 1 is 1.41 bits per heavy atom. The first kappa shape index (κ1) is 17.3. The van der Waals surface area contributed by atoms with Gasteiger partial charge in [0.25, 0.3) is 0 Å². The third kappa shape index (κ3) is 2.98. The highest BCUT2D eigenvalue weighted by Crippen LogP contribution is 2.34. The minimum Gasteiger partial charge on any atom is -0.481 e. The summed E-state index contributed by atoms with van der Waals surface area (Å²) >= 11 is 0. The van der Waals surface area contributed by atoms with E-state index in [1.54, 1.807) is 0 Å². The first-order valence-corrected chi connectivity index (χ1v) is 8.22. The third-order valence-corrected chi connectivity index (χ3v) is 4.56. The molecule has 0 bridgehead atoms. The fourth-order valence-corrected chi connectivity index (χ4v) is 3.04. The summed E-state index contributed by atoms with van der Waals surface area (Å²) in [5.41, 5.74) is -0.506. The molecular formula is C16H15F3N6O2. The topological polar surface area (TPSA) is 88.5 Å². The van der Waals surface area contributed by atoms with E-state index in [4.69, 9.17) is 5.11 Å². The zero-order valence-electron chi connectivity index (χ0n) is 14.2. The van der Waals surface area contributed by atoms with Gasteiger partial charge >= 0.3 is 12.1 Å². The van der Waals surface area contributed by atoms with Gasteiger partial charge in [-0.25, -0.2) is 14.6 Å². The Hall–Kier alpha value is -3.11. The van der Waals surface area contributed by atoms with Crippen LogP contribution in [-0.2, 0) is 17.4 Å². The van der Waals surface area contributed by atoms with E-state index >= 15 is 0 Å². The van der Waals surface area contributed by atoms with Gasteiger partial charge < -0.3 is 10.0 Å². The minimum atomic E-state index is -4.57. The van der Waals surface area contributed by atoms with Gasteiger partial charge in [-0.05, 0) is 19.4 Å². The second-order valence-corrected chi connectivity index (χ2v) is 6.41. The van der Waals surface area contributed by atoms with Gasteiger partial charge in [-0.1, -0.05) is 0 Å². The van der Waals surface area contributed by atoms with Crippen molar-refractivity contribution in [3.63, 3.8) is 0 Å². The summed E-state index contributed by atoms with van der Waals surface area (Å²) < 4.78 is 42.3. The molecule has 0 saturated carbocycles. The normalized spacial score (nSPS) is 17.3. The number of imidazole rings is 1. The van der Waals surface area contributed by atoms with Crippen molar-refractivity contribution in [1.29, 1.82) is 0 Å². The molecule has 4 heterocycles. The number of carboxylic acids is 1. The molecule has 0 radical (unpaired) electrons. The Bertz CT molecular complexity index is 1020. The highest BCUT2D eigenvalue weighted by molar-refractivity contribution is 5.69. The van der Waals surface area contributed by atoms with Gasteiger partial charge in [0.2, 0.25) is 0 Å². The summed E-state index contributed by atoms with van der Waals surface area (Å²) in [5.74, 6) is -0.554. The molecule has 1 fully saturated rings. The molecule has 0 aromatic carbocycles. The number of carbonyl (C=O) groups is 1. The molecule has 0 unspecified atom stereocenters. The average Bonchev–Trinajstić information content (AvgIpc) is 3.18. The van der Waals surface area contributed by atoms with E-state index in [-0.39, 0.29) is 29.6 Å². The lowest BCUT2D eigenvalue weighted by molar-refractivity contribution is -0.141. The number of aromatic nitrogens is 5. The van der Waals surface area contributed by atoms with Gasteiger partial charge in [-0.2, -0.15) is 18.3 Å². The molecule has 1 N–H and O–H groups in total. The molecule has 3 aromatic heterocycles. The maximum absolute atomic E-state index is 13.4. The van der Waals surface area contributed by atoms with E-state index in [2.05, 4.69) is 15.1 Å². The molecule has 11 heteroatoms. The SMILES string of the molecule is C[C@H]1CCN1c1nc(-n2ccc(CC(=O)O)n2)cn2c(C(F)(F)F)cnc12. The smallest absolute Gasteiger partial charge is 0.433 e. The summed E-state index contributed by atoms with van der Waals surface area (Å²) in [6.45, 7) is 2.63. The number of halogens is 3. The fourth-order valence-electron chi connectivity index (χ4n) is 3.04. The molecule has 0 amide bonds. The zero-order chi connectivity index (χ0) is 19.3.